The van der Waals surface area contributed by atoms with E-state index in [1.165, 1.54) is 7.11 Å². The summed E-state index contributed by atoms with van der Waals surface area (Å²) in [6.45, 7) is 11.9. The van der Waals surface area contributed by atoms with Gasteiger partial charge in [0.15, 0.2) is 0 Å². The van der Waals surface area contributed by atoms with E-state index in [1.807, 2.05) is 13.8 Å². The number of carbonyl (C=O) groups excluding carboxylic acids is 2. The van der Waals surface area contributed by atoms with Gasteiger partial charge in [-0.15, -0.1) is 0 Å². The summed E-state index contributed by atoms with van der Waals surface area (Å²) >= 11 is 0. The van der Waals surface area contributed by atoms with E-state index in [0.717, 1.165) is 70.6 Å². The van der Waals surface area contributed by atoms with E-state index in [4.69, 9.17) is 9.47 Å². The first-order chi connectivity index (χ1) is 16.5. The summed E-state index contributed by atoms with van der Waals surface area (Å²) in [6.07, 6.45) is 10.5. The van der Waals surface area contributed by atoms with Crippen LogP contribution in [-0.2, 0) is 19.1 Å². The van der Waals surface area contributed by atoms with Crippen molar-refractivity contribution in [3.8, 4) is 0 Å². The normalized spacial score (nSPS) is 16.3. The minimum Gasteiger partial charge on any atom is -0.469 e. The van der Waals surface area contributed by atoms with Gasteiger partial charge in [0.05, 0.1) is 18.6 Å². The molecule has 0 aromatic carbocycles. The van der Waals surface area contributed by atoms with Crippen molar-refractivity contribution < 1.29 is 29.3 Å². The number of ether oxygens (including phenoxy) is 2. The minimum absolute atomic E-state index is 0.0564. The second kappa shape index (κ2) is 19.0. The molecule has 0 saturated heterocycles. The zero-order valence-corrected chi connectivity index (χ0v) is 23.8. The van der Waals surface area contributed by atoms with Crippen molar-refractivity contribution in [2.45, 2.75) is 149 Å². The van der Waals surface area contributed by atoms with E-state index >= 15 is 0 Å². The quantitative estimate of drug-likeness (QED) is 0.136. The van der Waals surface area contributed by atoms with Crippen LogP contribution in [0.1, 0.15) is 131 Å². The van der Waals surface area contributed by atoms with Crippen molar-refractivity contribution in [1.29, 1.82) is 0 Å². The number of hydrogen-bond acceptors (Lipinski definition) is 6. The van der Waals surface area contributed by atoms with Crippen LogP contribution in [0.15, 0.2) is 0 Å². The van der Waals surface area contributed by atoms with Crippen molar-refractivity contribution in [3.05, 3.63) is 0 Å². The Balaban J connectivity index is 5.29. The minimum atomic E-state index is -1.08. The third-order valence-electron chi connectivity index (χ3n) is 6.96. The molecule has 0 bridgehead atoms. The second-order valence-corrected chi connectivity index (χ2v) is 11.3. The van der Waals surface area contributed by atoms with Crippen LogP contribution in [0.2, 0.25) is 0 Å². The molecule has 0 heterocycles. The highest BCUT2D eigenvalue weighted by atomic mass is 16.6. The van der Waals surface area contributed by atoms with E-state index in [2.05, 4.69) is 13.8 Å². The molecule has 0 amide bonds. The Morgan fingerprint density at radius 2 is 1.43 bits per heavy atom. The van der Waals surface area contributed by atoms with Gasteiger partial charge in [0.25, 0.3) is 0 Å². The van der Waals surface area contributed by atoms with Crippen molar-refractivity contribution in [3.63, 3.8) is 0 Å². The lowest BCUT2D eigenvalue weighted by Crippen LogP contribution is -2.44. The highest BCUT2D eigenvalue weighted by molar-refractivity contribution is 5.73. The van der Waals surface area contributed by atoms with Crippen LogP contribution in [-0.4, -0.2) is 47.1 Å². The predicted molar refractivity (Wildman–Crippen MR) is 142 cm³/mol. The first kappa shape index (κ1) is 33.9. The van der Waals surface area contributed by atoms with Crippen LogP contribution in [0.5, 0.6) is 0 Å². The van der Waals surface area contributed by atoms with E-state index in [9.17, 15) is 19.8 Å². The second-order valence-electron chi connectivity index (χ2n) is 11.3. The fraction of sp³-hybridized carbons (Fsp3) is 0.931. The molecule has 5 unspecified atom stereocenters. The zero-order valence-electron chi connectivity index (χ0n) is 23.8. The lowest BCUT2D eigenvalue weighted by Gasteiger charge is -2.32. The van der Waals surface area contributed by atoms with Gasteiger partial charge in [-0.1, -0.05) is 91.9 Å². The number of aliphatic hydroxyl groups is 2. The van der Waals surface area contributed by atoms with Crippen molar-refractivity contribution in [2.75, 3.05) is 7.11 Å². The summed E-state index contributed by atoms with van der Waals surface area (Å²) in [4.78, 5) is 25.4. The molecule has 0 aliphatic carbocycles. The molecule has 6 nitrogen and oxygen atoms in total. The Bertz CT molecular complexity index is 556. The molecule has 0 aliphatic heterocycles. The van der Waals surface area contributed by atoms with Gasteiger partial charge in [0, 0.05) is 6.42 Å². The van der Waals surface area contributed by atoms with Crippen LogP contribution in [0.3, 0.4) is 0 Å². The Labute approximate surface area is 215 Å². The Morgan fingerprint density at radius 3 is 1.94 bits per heavy atom. The van der Waals surface area contributed by atoms with E-state index in [-0.39, 0.29) is 24.2 Å². The number of hydrogen-bond donors (Lipinski definition) is 2. The largest absolute Gasteiger partial charge is 0.469 e. The Morgan fingerprint density at radius 1 is 0.857 bits per heavy atom. The van der Waals surface area contributed by atoms with Gasteiger partial charge in [0.2, 0.25) is 0 Å². The molecule has 6 heteroatoms. The van der Waals surface area contributed by atoms with Crippen LogP contribution in [0.4, 0.5) is 0 Å². The smallest absolute Gasteiger partial charge is 0.311 e. The maximum absolute atomic E-state index is 12.9. The summed E-state index contributed by atoms with van der Waals surface area (Å²) in [5.41, 5.74) is -0.706. The van der Waals surface area contributed by atoms with Gasteiger partial charge in [-0.25, -0.2) is 0 Å². The average molecular weight is 501 g/mol. The average Bonchev–Trinajstić information content (AvgIpc) is 2.78. The molecule has 0 saturated carbocycles. The molecular formula is C29H56O6. The first-order valence-corrected chi connectivity index (χ1v) is 14.1. The Kier molecular flexibility index (Phi) is 18.4. The molecule has 5 atom stereocenters. The number of esters is 2. The van der Waals surface area contributed by atoms with Gasteiger partial charge in [-0.3, -0.25) is 9.59 Å². The summed E-state index contributed by atoms with van der Waals surface area (Å²) < 4.78 is 10.9. The highest BCUT2D eigenvalue weighted by Gasteiger charge is 2.38. The molecule has 208 valence electrons. The molecule has 0 aliphatic rings. The standard InChI is InChI=1S/C29H56O6/c1-8-10-12-14-18-23(4)27(26(31)24(28(32)34-7)19-15-13-11-9-2)35-25(30)21-22(3)17-16-20-29(5,6)33/h22-24,26-27,31,33H,8-21H2,1-7H3. The molecule has 0 radical (unpaired) electrons. The summed E-state index contributed by atoms with van der Waals surface area (Å²) in [5, 5.41) is 21.2. The van der Waals surface area contributed by atoms with Gasteiger partial charge in [0.1, 0.15) is 12.2 Å². The van der Waals surface area contributed by atoms with Crippen molar-refractivity contribution >= 4 is 11.9 Å². The number of unbranched alkanes of at least 4 members (excludes halogenated alkanes) is 6. The SMILES string of the molecule is CCCCCCC(C)C(OC(=O)CC(C)CCCC(C)(C)O)C(O)C(CCCCCC)C(=O)OC. The first-order valence-electron chi connectivity index (χ1n) is 14.1. The van der Waals surface area contributed by atoms with Crippen molar-refractivity contribution in [2.24, 2.45) is 17.8 Å². The summed E-state index contributed by atoms with van der Waals surface area (Å²) in [6, 6.07) is 0. The molecule has 0 spiro atoms. The monoisotopic (exact) mass is 500 g/mol. The topological polar surface area (TPSA) is 93.1 Å². The molecule has 0 aromatic heterocycles. The Hall–Kier alpha value is -1.14. The van der Waals surface area contributed by atoms with E-state index in [1.54, 1.807) is 13.8 Å². The number of rotatable bonds is 21. The molecular weight excluding hydrogens is 444 g/mol. The highest BCUT2D eigenvalue weighted by Crippen LogP contribution is 2.28. The number of aliphatic hydroxyl groups excluding tert-OH is 1. The number of carbonyl (C=O) groups is 2. The fourth-order valence-corrected chi connectivity index (χ4v) is 4.65. The zero-order chi connectivity index (χ0) is 26.9. The molecule has 35 heavy (non-hydrogen) atoms. The van der Waals surface area contributed by atoms with E-state index in [0.29, 0.717) is 12.8 Å². The fourth-order valence-electron chi connectivity index (χ4n) is 4.65. The third-order valence-corrected chi connectivity index (χ3v) is 6.96. The van der Waals surface area contributed by atoms with Gasteiger partial charge in [-0.2, -0.15) is 0 Å². The van der Waals surface area contributed by atoms with Crippen molar-refractivity contribution in [1.82, 2.24) is 0 Å². The summed E-state index contributed by atoms with van der Waals surface area (Å²) in [5.74, 6) is -1.41. The third kappa shape index (κ3) is 16.3. The van der Waals surface area contributed by atoms with E-state index < -0.39 is 29.7 Å². The number of methoxy groups -OCH3 is 1. The molecule has 0 aromatic rings. The van der Waals surface area contributed by atoms with Gasteiger partial charge in [-0.05, 0) is 44.9 Å². The van der Waals surface area contributed by atoms with Gasteiger partial charge < -0.3 is 19.7 Å². The molecule has 0 rings (SSSR count). The van der Waals surface area contributed by atoms with Crippen LogP contribution in [0.25, 0.3) is 0 Å². The maximum atomic E-state index is 12.9. The lowest BCUT2D eigenvalue weighted by molar-refractivity contribution is -0.171. The molecule has 2 N–H and O–H groups in total. The lowest BCUT2D eigenvalue weighted by atomic mass is 9.85. The van der Waals surface area contributed by atoms with Crippen LogP contribution < -0.4 is 0 Å². The van der Waals surface area contributed by atoms with Crippen LogP contribution in [0, 0.1) is 17.8 Å². The van der Waals surface area contributed by atoms with Gasteiger partial charge >= 0.3 is 11.9 Å². The summed E-state index contributed by atoms with van der Waals surface area (Å²) in [7, 11) is 1.35. The molecule has 0 fully saturated rings. The predicted octanol–water partition coefficient (Wildman–Crippen LogP) is 6.59. The maximum Gasteiger partial charge on any atom is 0.311 e. The van der Waals surface area contributed by atoms with Crippen LogP contribution >= 0.6 is 0 Å².